The molecular weight excluding hydrogens is 294 g/mol. The van der Waals surface area contributed by atoms with E-state index in [0.29, 0.717) is 0 Å². The molecule has 1 N–H and O–H groups in total. The molecule has 0 aliphatic heterocycles. The van der Waals surface area contributed by atoms with Gasteiger partial charge in [0.1, 0.15) is 6.29 Å². The highest BCUT2D eigenvalue weighted by Crippen LogP contribution is 2.40. The number of aryl methyl sites for hydroxylation is 2. The van der Waals surface area contributed by atoms with Crippen LogP contribution in [-0.2, 0) is 4.79 Å². The van der Waals surface area contributed by atoms with E-state index in [1.54, 1.807) is 0 Å². The number of nitrogens with one attached hydrogen (secondary N) is 1. The van der Waals surface area contributed by atoms with E-state index >= 15 is 0 Å². The van der Waals surface area contributed by atoms with Gasteiger partial charge in [-0.1, -0.05) is 61.9 Å². The number of fused-ring (bicyclic) bond motifs is 1. The second-order valence-electron chi connectivity index (χ2n) is 7.06. The number of benzene rings is 2. The van der Waals surface area contributed by atoms with Gasteiger partial charge in [0.15, 0.2) is 0 Å². The Bertz CT molecular complexity index is 842. The molecule has 0 radical (unpaired) electrons. The van der Waals surface area contributed by atoms with Gasteiger partial charge >= 0.3 is 0 Å². The first kappa shape index (κ1) is 16.5. The van der Waals surface area contributed by atoms with Crippen LogP contribution in [0, 0.1) is 25.7 Å². The van der Waals surface area contributed by atoms with Crippen molar-refractivity contribution in [2.24, 2.45) is 11.8 Å². The van der Waals surface area contributed by atoms with Crippen molar-refractivity contribution in [2.45, 2.75) is 33.6 Å². The Kier molecular flexibility index (Phi) is 4.57. The van der Waals surface area contributed by atoms with Crippen molar-refractivity contribution in [3.63, 3.8) is 0 Å². The van der Waals surface area contributed by atoms with E-state index in [0.717, 1.165) is 17.5 Å². The smallest absolute Gasteiger partial charge is 0.124 e. The quantitative estimate of drug-likeness (QED) is 0.629. The zero-order valence-electron chi connectivity index (χ0n) is 14.8. The Morgan fingerprint density at radius 3 is 2.25 bits per heavy atom. The summed E-state index contributed by atoms with van der Waals surface area (Å²) < 4.78 is 0. The summed E-state index contributed by atoms with van der Waals surface area (Å²) in [6.07, 6.45) is 1.14. The molecule has 0 saturated carbocycles. The van der Waals surface area contributed by atoms with Gasteiger partial charge in [-0.25, -0.2) is 0 Å². The van der Waals surface area contributed by atoms with Crippen molar-refractivity contribution in [3.8, 4) is 0 Å². The van der Waals surface area contributed by atoms with E-state index in [2.05, 4.69) is 75.1 Å². The molecule has 1 heterocycles. The van der Waals surface area contributed by atoms with Gasteiger partial charge in [0.05, 0.1) is 0 Å². The second-order valence-corrected chi connectivity index (χ2v) is 7.06. The highest BCUT2D eigenvalue weighted by Gasteiger charge is 2.30. The molecule has 0 fully saturated rings. The highest BCUT2D eigenvalue weighted by molar-refractivity contribution is 5.86. The third-order valence-electron chi connectivity index (χ3n) is 5.00. The summed E-state index contributed by atoms with van der Waals surface area (Å²) in [7, 11) is 0. The van der Waals surface area contributed by atoms with Crippen molar-refractivity contribution in [3.05, 3.63) is 70.9 Å². The van der Waals surface area contributed by atoms with Gasteiger partial charge in [-0.3, -0.25) is 0 Å². The Balaban J connectivity index is 2.25. The number of para-hydroxylation sites is 1. The number of hydrogen-bond acceptors (Lipinski definition) is 1. The van der Waals surface area contributed by atoms with Gasteiger partial charge in [-0.05, 0) is 37.0 Å². The number of carbonyl (C=O) groups is 1. The summed E-state index contributed by atoms with van der Waals surface area (Å²) in [5, 5.41) is 1.22. The van der Waals surface area contributed by atoms with Crippen LogP contribution < -0.4 is 0 Å². The maximum Gasteiger partial charge on any atom is 0.124 e. The summed E-state index contributed by atoms with van der Waals surface area (Å²) in [6.45, 7) is 8.46. The lowest BCUT2D eigenvalue weighted by Crippen LogP contribution is -2.21. The average Bonchev–Trinajstić information content (AvgIpc) is 2.89. The Morgan fingerprint density at radius 2 is 1.62 bits per heavy atom. The van der Waals surface area contributed by atoms with E-state index in [4.69, 9.17) is 0 Å². The van der Waals surface area contributed by atoms with Gasteiger partial charge in [-0.15, -0.1) is 0 Å². The monoisotopic (exact) mass is 319 g/mol. The Hall–Kier alpha value is -2.35. The third-order valence-corrected chi connectivity index (χ3v) is 5.00. The van der Waals surface area contributed by atoms with Crippen LogP contribution in [0.5, 0.6) is 0 Å². The van der Waals surface area contributed by atoms with Crippen molar-refractivity contribution in [1.29, 1.82) is 0 Å². The van der Waals surface area contributed by atoms with Crippen molar-refractivity contribution >= 4 is 17.2 Å². The van der Waals surface area contributed by atoms with Gasteiger partial charge in [0.2, 0.25) is 0 Å². The van der Waals surface area contributed by atoms with Crippen LogP contribution in [0.4, 0.5) is 0 Å². The number of aromatic amines is 1. The lowest BCUT2D eigenvalue weighted by atomic mass is 9.75. The summed E-state index contributed by atoms with van der Waals surface area (Å²) in [5.74, 6) is 0.298. The van der Waals surface area contributed by atoms with E-state index in [1.165, 1.54) is 22.1 Å². The van der Waals surface area contributed by atoms with Crippen LogP contribution in [-0.4, -0.2) is 11.3 Å². The molecule has 2 atom stereocenters. The van der Waals surface area contributed by atoms with E-state index < -0.39 is 0 Å². The predicted molar refractivity (Wildman–Crippen MR) is 100 cm³/mol. The minimum atomic E-state index is -0.0504. The number of H-pyrrole nitrogens is 1. The zero-order chi connectivity index (χ0) is 17.3. The lowest BCUT2D eigenvalue weighted by molar-refractivity contribution is -0.112. The van der Waals surface area contributed by atoms with Crippen LogP contribution in [0.1, 0.15) is 42.1 Å². The number of aromatic nitrogens is 1. The molecule has 1 aromatic heterocycles. The maximum absolute atomic E-state index is 12.0. The first-order valence-corrected chi connectivity index (χ1v) is 8.62. The summed E-state index contributed by atoms with van der Waals surface area (Å²) in [6, 6.07) is 17.0. The zero-order valence-corrected chi connectivity index (χ0v) is 14.8. The lowest BCUT2D eigenvalue weighted by Gasteiger charge is -2.27. The first-order chi connectivity index (χ1) is 11.5. The molecule has 0 bridgehead atoms. The third kappa shape index (κ3) is 2.89. The van der Waals surface area contributed by atoms with Gasteiger partial charge < -0.3 is 9.78 Å². The second kappa shape index (κ2) is 6.64. The number of aldehydes is 1. The van der Waals surface area contributed by atoms with Crippen molar-refractivity contribution < 1.29 is 4.79 Å². The molecule has 3 aromatic rings. The normalized spacial score (nSPS) is 14.0. The fraction of sp³-hybridized carbons (Fsp3) is 0.318. The molecule has 24 heavy (non-hydrogen) atoms. The summed E-state index contributed by atoms with van der Waals surface area (Å²) >= 11 is 0. The van der Waals surface area contributed by atoms with Crippen molar-refractivity contribution in [1.82, 2.24) is 4.98 Å². The fourth-order valence-corrected chi connectivity index (χ4v) is 3.67. The summed E-state index contributed by atoms with van der Waals surface area (Å²) in [5.41, 5.74) is 5.98. The van der Waals surface area contributed by atoms with E-state index in [-0.39, 0.29) is 17.8 Å². The molecule has 124 valence electrons. The molecule has 0 aliphatic carbocycles. The van der Waals surface area contributed by atoms with Gasteiger partial charge in [-0.2, -0.15) is 0 Å². The molecule has 2 heteroatoms. The van der Waals surface area contributed by atoms with Crippen LogP contribution in [0.15, 0.2) is 48.5 Å². The fourth-order valence-electron chi connectivity index (χ4n) is 3.67. The predicted octanol–water partition coefficient (Wildman–Crippen LogP) is 5.39. The topological polar surface area (TPSA) is 32.9 Å². The molecule has 0 amide bonds. The van der Waals surface area contributed by atoms with Crippen LogP contribution in [0.3, 0.4) is 0 Å². The summed E-state index contributed by atoms with van der Waals surface area (Å²) in [4.78, 5) is 15.5. The molecule has 0 spiro atoms. The SMILES string of the molecule is Cc1ccc([C@@H](c2c(C)[nH]c3ccccc23)[C@H](C=O)C(C)C)cc1. The van der Waals surface area contributed by atoms with E-state index in [9.17, 15) is 4.79 Å². The highest BCUT2D eigenvalue weighted by atomic mass is 16.1. The Morgan fingerprint density at radius 1 is 0.958 bits per heavy atom. The van der Waals surface area contributed by atoms with Crippen LogP contribution >= 0.6 is 0 Å². The molecule has 0 aliphatic rings. The molecule has 0 unspecified atom stereocenters. The number of carbonyl (C=O) groups excluding carboxylic acids is 1. The molecule has 2 aromatic carbocycles. The largest absolute Gasteiger partial charge is 0.358 e. The minimum Gasteiger partial charge on any atom is -0.358 e. The standard InChI is InChI=1S/C22H25NO/c1-14(2)19(13-24)22(17-11-9-15(3)10-12-17)21-16(4)23-20-8-6-5-7-18(20)21/h5-14,19,22-23H,1-4H3/t19-,22-/m1/s1. The molecule has 3 rings (SSSR count). The van der Waals surface area contributed by atoms with Crippen LogP contribution in [0.25, 0.3) is 10.9 Å². The molecule has 0 saturated heterocycles. The number of rotatable bonds is 5. The maximum atomic E-state index is 12.0. The van der Waals surface area contributed by atoms with Gasteiger partial charge in [0.25, 0.3) is 0 Å². The van der Waals surface area contributed by atoms with Crippen molar-refractivity contribution in [2.75, 3.05) is 0 Å². The number of hydrogen-bond donors (Lipinski definition) is 1. The average molecular weight is 319 g/mol. The molecular formula is C22H25NO. The molecule has 2 nitrogen and oxygen atoms in total. The first-order valence-electron chi connectivity index (χ1n) is 8.62. The van der Waals surface area contributed by atoms with Gasteiger partial charge in [0, 0.05) is 28.4 Å². The van der Waals surface area contributed by atoms with E-state index in [1.807, 2.05) is 6.07 Å². The minimum absolute atomic E-state index is 0.0504. The van der Waals surface area contributed by atoms with Crippen LogP contribution in [0.2, 0.25) is 0 Å². The Labute approximate surface area is 143 Å².